The highest BCUT2D eigenvalue weighted by molar-refractivity contribution is 6.35. The monoisotopic (exact) mass is 366 g/mol. The van der Waals surface area contributed by atoms with Gasteiger partial charge >= 0.3 is 0 Å². The van der Waals surface area contributed by atoms with Crippen LogP contribution in [0.15, 0.2) is 36.7 Å². The fourth-order valence-corrected chi connectivity index (χ4v) is 3.75. The molecule has 0 atom stereocenters. The fourth-order valence-electron chi connectivity index (χ4n) is 3.16. The molecule has 0 spiro atoms. The Morgan fingerprint density at radius 1 is 1.25 bits per heavy atom. The SMILES string of the molecule is O=C(NCCc1c(Cl)cccc1Cl)C1(n2cccn2)CCNCC1. The van der Waals surface area contributed by atoms with E-state index in [4.69, 9.17) is 23.2 Å². The van der Waals surface area contributed by atoms with E-state index in [0.717, 1.165) is 18.7 Å². The van der Waals surface area contributed by atoms with E-state index in [1.54, 1.807) is 10.9 Å². The van der Waals surface area contributed by atoms with E-state index in [2.05, 4.69) is 15.7 Å². The molecule has 1 aromatic heterocycles. The van der Waals surface area contributed by atoms with Crippen molar-refractivity contribution in [3.8, 4) is 0 Å². The molecule has 2 aromatic rings. The molecule has 0 bridgehead atoms. The quantitative estimate of drug-likeness (QED) is 0.854. The number of rotatable bonds is 5. The van der Waals surface area contributed by atoms with Gasteiger partial charge in [0.1, 0.15) is 5.54 Å². The minimum Gasteiger partial charge on any atom is -0.354 e. The van der Waals surface area contributed by atoms with E-state index in [1.165, 1.54) is 0 Å². The second-order valence-electron chi connectivity index (χ2n) is 5.94. The van der Waals surface area contributed by atoms with Crippen molar-refractivity contribution in [2.45, 2.75) is 24.8 Å². The topological polar surface area (TPSA) is 59.0 Å². The summed E-state index contributed by atoms with van der Waals surface area (Å²) in [4.78, 5) is 12.9. The lowest BCUT2D eigenvalue weighted by atomic mass is 9.87. The first-order valence-electron chi connectivity index (χ1n) is 8.05. The van der Waals surface area contributed by atoms with Gasteiger partial charge in [-0.1, -0.05) is 29.3 Å². The Labute approximate surface area is 151 Å². The Morgan fingerprint density at radius 2 is 1.96 bits per heavy atom. The van der Waals surface area contributed by atoms with Gasteiger partial charge in [-0.15, -0.1) is 0 Å². The standard InChI is InChI=1S/C17H20Cl2N4O/c18-14-3-1-4-15(19)13(14)5-9-21-16(24)17(6-10-20-11-7-17)23-12-2-8-22-23/h1-4,8,12,20H,5-7,9-11H2,(H,21,24). The summed E-state index contributed by atoms with van der Waals surface area (Å²) in [5.74, 6) is -0.00382. The molecule has 3 rings (SSSR count). The van der Waals surface area contributed by atoms with Crippen molar-refractivity contribution in [3.05, 3.63) is 52.3 Å². The van der Waals surface area contributed by atoms with Crippen LogP contribution in [0.1, 0.15) is 18.4 Å². The summed E-state index contributed by atoms with van der Waals surface area (Å²) in [6, 6.07) is 7.28. The zero-order valence-electron chi connectivity index (χ0n) is 13.3. The number of piperidine rings is 1. The van der Waals surface area contributed by atoms with Crippen molar-refractivity contribution in [2.75, 3.05) is 19.6 Å². The molecule has 2 heterocycles. The van der Waals surface area contributed by atoms with Crippen LogP contribution in [0.4, 0.5) is 0 Å². The lowest BCUT2D eigenvalue weighted by Gasteiger charge is -2.36. The van der Waals surface area contributed by atoms with Crippen molar-refractivity contribution in [1.29, 1.82) is 0 Å². The van der Waals surface area contributed by atoms with Gasteiger partial charge in [-0.05, 0) is 56.1 Å². The second-order valence-corrected chi connectivity index (χ2v) is 6.75. The Hall–Kier alpha value is -1.56. The summed E-state index contributed by atoms with van der Waals surface area (Å²) in [6.45, 7) is 2.08. The third-order valence-electron chi connectivity index (χ3n) is 4.52. The van der Waals surface area contributed by atoms with Gasteiger partial charge in [0.05, 0.1) is 0 Å². The lowest BCUT2D eigenvalue weighted by molar-refractivity contribution is -0.131. The molecule has 0 saturated carbocycles. The predicted octanol–water partition coefficient (Wildman–Crippen LogP) is 2.63. The van der Waals surface area contributed by atoms with E-state index < -0.39 is 5.54 Å². The highest BCUT2D eigenvalue weighted by atomic mass is 35.5. The first-order valence-corrected chi connectivity index (χ1v) is 8.81. The molecule has 1 amide bonds. The molecular weight excluding hydrogens is 347 g/mol. The molecule has 0 unspecified atom stereocenters. The maximum atomic E-state index is 12.9. The van der Waals surface area contributed by atoms with Crippen LogP contribution < -0.4 is 10.6 Å². The Morgan fingerprint density at radius 3 is 2.58 bits per heavy atom. The molecule has 128 valence electrons. The number of aromatic nitrogens is 2. The van der Waals surface area contributed by atoms with Crippen LogP contribution in [-0.4, -0.2) is 35.3 Å². The summed E-state index contributed by atoms with van der Waals surface area (Å²) in [7, 11) is 0. The van der Waals surface area contributed by atoms with Crippen molar-refractivity contribution < 1.29 is 4.79 Å². The first kappa shape index (κ1) is 17.3. The number of halogens is 2. The molecule has 1 aliphatic heterocycles. The van der Waals surface area contributed by atoms with Crippen LogP contribution in [0.3, 0.4) is 0 Å². The van der Waals surface area contributed by atoms with Crippen molar-refractivity contribution in [3.63, 3.8) is 0 Å². The Kier molecular flexibility index (Phi) is 5.43. The molecule has 5 nitrogen and oxygen atoms in total. The average Bonchev–Trinajstić information content (AvgIpc) is 3.13. The van der Waals surface area contributed by atoms with Gasteiger partial charge in [-0.25, -0.2) is 0 Å². The Bertz CT molecular complexity index is 676. The summed E-state index contributed by atoms with van der Waals surface area (Å²) in [5.41, 5.74) is 0.235. The highest BCUT2D eigenvalue weighted by Gasteiger charge is 2.41. The molecule has 7 heteroatoms. The van der Waals surface area contributed by atoms with E-state index in [1.807, 2.05) is 30.5 Å². The summed E-state index contributed by atoms with van der Waals surface area (Å²) in [5, 5.41) is 11.9. The van der Waals surface area contributed by atoms with Crippen LogP contribution in [0.2, 0.25) is 10.0 Å². The van der Waals surface area contributed by atoms with E-state index >= 15 is 0 Å². The number of carbonyl (C=O) groups excluding carboxylic acids is 1. The zero-order chi connectivity index (χ0) is 17.0. The third kappa shape index (κ3) is 3.43. The number of carbonyl (C=O) groups is 1. The maximum absolute atomic E-state index is 12.9. The lowest BCUT2D eigenvalue weighted by Crippen LogP contribution is -2.54. The van der Waals surface area contributed by atoms with Gasteiger partial charge in [0, 0.05) is 29.0 Å². The molecular formula is C17H20Cl2N4O. The van der Waals surface area contributed by atoms with E-state index in [-0.39, 0.29) is 5.91 Å². The van der Waals surface area contributed by atoms with Crippen LogP contribution in [0.25, 0.3) is 0 Å². The van der Waals surface area contributed by atoms with Gasteiger partial charge in [-0.3, -0.25) is 9.48 Å². The van der Waals surface area contributed by atoms with Crippen LogP contribution in [0.5, 0.6) is 0 Å². The molecule has 1 aromatic carbocycles. The molecule has 0 aliphatic carbocycles. The largest absolute Gasteiger partial charge is 0.354 e. The fraction of sp³-hybridized carbons (Fsp3) is 0.412. The molecule has 0 radical (unpaired) electrons. The highest BCUT2D eigenvalue weighted by Crippen LogP contribution is 2.28. The minimum absolute atomic E-state index is 0.00382. The molecule has 1 aliphatic rings. The van der Waals surface area contributed by atoms with Gasteiger partial charge < -0.3 is 10.6 Å². The van der Waals surface area contributed by atoms with Gasteiger partial charge in [0.2, 0.25) is 5.91 Å². The molecule has 2 N–H and O–H groups in total. The van der Waals surface area contributed by atoms with Crippen LogP contribution >= 0.6 is 23.2 Å². The summed E-state index contributed by atoms with van der Waals surface area (Å²) >= 11 is 12.4. The second kappa shape index (κ2) is 7.55. The normalized spacial score (nSPS) is 16.8. The number of hydrogen-bond acceptors (Lipinski definition) is 3. The van der Waals surface area contributed by atoms with Crippen LogP contribution in [-0.2, 0) is 16.8 Å². The van der Waals surface area contributed by atoms with E-state index in [0.29, 0.717) is 35.9 Å². The number of hydrogen-bond donors (Lipinski definition) is 2. The van der Waals surface area contributed by atoms with Gasteiger partial charge in [-0.2, -0.15) is 5.10 Å². The summed E-state index contributed by atoms with van der Waals surface area (Å²) in [6.07, 6.45) is 5.59. The summed E-state index contributed by atoms with van der Waals surface area (Å²) < 4.78 is 1.78. The molecule has 1 fully saturated rings. The smallest absolute Gasteiger partial charge is 0.248 e. The number of benzene rings is 1. The average molecular weight is 367 g/mol. The minimum atomic E-state index is -0.626. The van der Waals surface area contributed by atoms with Gasteiger partial charge in [0.25, 0.3) is 0 Å². The number of nitrogens with one attached hydrogen (secondary N) is 2. The zero-order valence-corrected chi connectivity index (χ0v) is 14.8. The van der Waals surface area contributed by atoms with Crippen molar-refractivity contribution >= 4 is 29.1 Å². The number of nitrogens with zero attached hydrogens (tertiary/aromatic N) is 2. The first-order chi connectivity index (χ1) is 11.6. The number of amides is 1. The van der Waals surface area contributed by atoms with E-state index in [9.17, 15) is 4.79 Å². The predicted molar refractivity (Wildman–Crippen MR) is 95.5 cm³/mol. The van der Waals surface area contributed by atoms with Crippen molar-refractivity contribution in [2.24, 2.45) is 0 Å². The van der Waals surface area contributed by atoms with Gasteiger partial charge in [0.15, 0.2) is 0 Å². The molecule has 24 heavy (non-hydrogen) atoms. The van der Waals surface area contributed by atoms with Crippen molar-refractivity contribution in [1.82, 2.24) is 20.4 Å². The third-order valence-corrected chi connectivity index (χ3v) is 5.23. The Balaban J connectivity index is 1.69. The van der Waals surface area contributed by atoms with Crippen LogP contribution in [0, 0.1) is 0 Å². The maximum Gasteiger partial charge on any atom is 0.248 e. The molecule has 1 saturated heterocycles.